The van der Waals surface area contributed by atoms with E-state index in [1.54, 1.807) is 12.1 Å². The van der Waals surface area contributed by atoms with Gasteiger partial charge in [0.25, 0.3) is 0 Å². The number of benzene rings is 2. The first-order chi connectivity index (χ1) is 12.3. The van der Waals surface area contributed by atoms with Gasteiger partial charge in [0, 0.05) is 6.42 Å². The fraction of sp³-hybridized carbons (Fsp3) is 0.278. The van der Waals surface area contributed by atoms with Crippen molar-refractivity contribution in [1.29, 1.82) is 0 Å². The van der Waals surface area contributed by atoms with E-state index >= 15 is 0 Å². The second-order valence-electron chi connectivity index (χ2n) is 6.92. The minimum Gasteiger partial charge on any atom is -0.423 e. The van der Waals surface area contributed by atoms with Crippen molar-refractivity contribution in [1.82, 2.24) is 0 Å². The maximum absolute atomic E-state index is 10.0. The molecule has 0 radical (unpaired) electrons. The molecule has 0 saturated carbocycles. The molecule has 2 aliphatic heterocycles. The van der Waals surface area contributed by atoms with Gasteiger partial charge in [0.2, 0.25) is 0 Å². The van der Waals surface area contributed by atoms with Crippen LogP contribution in [0, 0.1) is 0 Å². The quantitative estimate of drug-likeness (QED) is 0.587. The molecule has 2 aliphatic rings. The summed E-state index contributed by atoms with van der Waals surface area (Å²) in [7, 11) is -0.901. The predicted octanol–water partition coefficient (Wildman–Crippen LogP) is 4.47. The molecule has 0 bridgehead atoms. The van der Waals surface area contributed by atoms with E-state index in [0.29, 0.717) is 21.5 Å². The Morgan fingerprint density at radius 1 is 1.15 bits per heavy atom. The molecule has 134 valence electrons. The van der Waals surface area contributed by atoms with Crippen molar-refractivity contribution < 1.29 is 14.5 Å². The third-order valence-corrected chi connectivity index (χ3v) is 5.95. The molecule has 0 amide bonds. The Bertz CT molecular complexity index is 909. The number of hydrogen-bond acceptors (Lipinski definition) is 4. The molecule has 0 unspecified atom stereocenters. The molecular weight excluding hydrogens is 395 g/mol. The van der Waals surface area contributed by atoms with E-state index in [1.807, 2.05) is 32.0 Å². The summed E-state index contributed by atoms with van der Waals surface area (Å²) >= 11 is 18.2. The summed E-state index contributed by atoms with van der Waals surface area (Å²) in [5.74, 6) is 0. The summed E-state index contributed by atoms with van der Waals surface area (Å²) in [6, 6.07) is 9.27. The lowest BCUT2D eigenvalue weighted by Crippen LogP contribution is -2.28. The highest BCUT2D eigenvalue weighted by Gasteiger charge is 2.41. The summed E-state index contributed by atoms with van der Waals surface area (Å²) < 4.78 is 5.61. The standard InChI is InChI=1S/C18H15BCl3NO3/c1-18(2)11-5-9(3-4-12(11)19(24)26-18)15-8-16(25-23-15)10-6-13(20)17(22)14(21)7-10/h3-7,16,24H,8H2,1-2H3/t16-/m0/s1. The topological polar surface area (TPSA) is 51.0 Å². The molecular formula is C18H15BCl3NO3. The first-order valence-electron chi connectivity index (χ1n) is 8.14. The molecule has 26 heavy (non-hydrogen) atoms. The zero-order valence-electron chi connectivity index (χ0n) is 14.1. The lowest BCUT2D eigenvalue weighted by atomic mass is 9.77. The predicted molar refractivity (Wildman–Crippen MR) is 105 cm³/mol. The second kappa shape index (κ2) is 6.43. The Hall–Kier alpha value is -1.24. The lowest BCUT2D eigenvalue weighted by molar-refractivity contribution is 0.0857. The first kappa shape index (κ1) is 18.1. The maximum Gasteiger partial charge on any atom is 0.492 e. The van der Waals surface area contributed by atoms with Gasteiger partial charge in [-0.15, -0.1) is 0 Å². The van der Waals surface area contributed by atoms with Crippen LogP contribution >= 0.6 is 34.8 Å². The molecule has 2 aromatic carbocycles. The molecule has 4 rings (SSSR count). The van der Waals surface area contributed by atoms with Gasteiger partial charge >= 0.3 is 7.12 Å². The van der Waals surface area contributed by atoms with Gasteiger partial charge in [-0.2, -0.15) is 0 Å². The van der Waals surface area contributed by atoms with Crippen LogP contribution in [0.4, 0.5) is 0 Å². The highest BCUT2D eigenvalue weighted by molar-refractivity contribution is 6.62. The van der Waals surface area contributed by atoms with Gasteiger partial charge in [-0.05, 0) is 54.2 Å². The van der Waals surface area contributed by atoms with Crippen LogP contribution in [0.2, 0.25) is 15.1 Å². The average Bonchev–Trinajstić information content (AvgIpc) is 3.16. The fourth-order valence-electron chi connectivity index (χ4n) is 3.37. The second-order valence-corrected chi connectivity index (χ2v) is 8.11. The van der Waals surface area contributed by atoms with Crippen LogP contribution in [0.3, 0.4) is 0 Å². The molecule has 0 fully saturated rings. The molecule has 4 nitrogen and oxygen atoms in total. The minimum atomic E-state index is -0.901. The van der Waals surface area contributed by atoms with Gasteiger partial charge in [-0.25, -0.2) is 0 Å². The molecule has 0 aliphatic carbocycles. The van der Waals surface area contributed by atoms with Crippen LogP contribution in [0.5, 0.6) is 0 Å². The molecule has 0 spiro atoms. The Morgan fingerprint density at radius 2 is 1.85 bits per heavy atom. The van der Waals surface area contributed by atoms with Crippen LogP contribution in [0.25, 0.3) is 0 Å². The van der Waals surface area contributed by atoms with E-state index in [9.17, 15) is 5.02 Å². The average molecular weight is 410 g/mol. The van der Waals surface area contributed by atoms with E-state index in [-0.39, 0.29) is 6.10 Å². The van der Waals surface area contributed by atoms with E-state index in [1.165, 1.54) is 0 Å². The first-order valence-corrected chi connectivity index (χ1v) is 9.27. The number of rotatable bonds is 2. The Balaban J connectivity index is 1.60. The van der Waals surface area contributed by atoms with Crippen molar-refractivity contribution in [2.45, 2.75) is 32.0 Å². The molecule has 1 N–H and O–H groups in total. The van der Waals surface area contributed by atoms with Crippen LogP contribution in [0.15, 0.2) is 35.5 Å². The number of oxime groups is 1. The molecule has 0 aromatic heterocycles. The van der Waals surface area contributed by atoms with Crippen molar-refractivity contribution in [3.05, 3.63) is 62.1 Å². The number of fused-ring (bicyclic) bond motifs is 1. The Labute approximate surface area is 166 Å². The zero-order chi connectivity index (χ0) is 18.6. The number of nitrogens with zero attached hydrogens (tertiary/aromatic N) is 1. The Morgan fingerprint density at radius 3 is 2.54 bits per heavy atom. The summed E-state index contributed by atoms with van der Waals surface area (Å²) in [4.78, 5) is 5.60. The summed E-state index contributed by atoms with van der Waals surface area (Å²) in [6.45, 7) is 3.86. The van der Waals surface area contributed by atoms with Gasteiger partial charge in [0.05, 0.1) is 26.4 Å². The summed E-state index contributed by atoms with van der Waals surface area (Å²) in [5.41, 5.74) is 3.75. The fourth-order valence-corrected chi connectivity index (χ4v) is 3.98. The van der Waals surface area contributed by atoms with Crippen molar-refractivity contribution in [3.8, 4) is 0 Å². The smallest absolute Gasteiger partial charge is 0.423 e. The van der Waals surface area contributed by atoms with Gasteiger partial charge in [0.1, 0.15) is 0 Å². The van der Waals surface area contributed by atoms with E-state index in [2.05, 4.69) is 5.16 Å². The van der Waals surface area contributed by atoms with Crippen molar-refractivity contribution >= 4 is 53.1 Å². The largest absolute Gasteiger partial charge is 0.492 e. The van der Waals surface area contributed by atoms with Gasteiger partial charge in [-0.3, -0.25) is 0 Å². The van der Waals surface area contributed by atoms with Crippen LogP contribution in [-0.4, -0.2) is 17.9 Å². The third kappa shape index (κ3) is 3.02. The van der Waals surface area contributed by atoms with Gasteiger partial charge in [0.15, 0.2) is 6.10 Å². The molecule has 1 atom stereocenters. The summed E-state index contributed by atoms with van der Waals surface area (Å²) in [5, 5.41) is 15.4. The van der Waals surface area contributed by atoms with Crippen molar-refractivity contribution in [2.75, 3.05) is 0 Å². The lowest BCUT2D eigenvalue weighted by Gasteiger charge is -2.20. The molecule has 2 heterocycles. The monoisotopic (exact) mass is 409 g/mol. The highest BCUT2D eigenvalue weighted by atomic mass is 35.5. The van der Waals surface area contributed by atoms with Crippen LogP contribution in [0.1, 0.15) is 43.1 Å². The van der Waals surface area contributed by atoms with Gasteiger partial charge < -0.3 is 14.5 Å². The normalized spacial score (nSPS) is 20.8. The molecule has 2 aromatic rings. The maximum atomic E-state index is 10.0. The minimum absolute atomic E-state index is 0.277. The van der Waals surface area contributed by atoms with Gasteiger partial charge in [-0.1, -0.05) is 52.1 Å². The summed E-state index contributed by atoms with van der Waals surface area (Å²) in [6.07, 6.45) is 0.303. The number of hydrogen-bond donors (Lipinski definition) is 1. The third-order valence-electron chi connectivity index (χ3n) is 4.75. The van der Waals surface area contributed by atoms with E-state index < -0.39 is 12.7 Å². The highest BCUT2D eigenvalue weighted by Crippen LogP contribution is 2.38. The van der Waals surface area contributed by atoms with Crippen molar-refractivity contribution in [3.63, 3.8) is 0 Å². The molecule has 8 heteroatoms. The number of halogens is 3. The van der Waals surface area contributed by atoms with E-state index in [4.69, 9.17) is 44.3 Å². The van der Waals surface area contributed by atoms with Crippen LogP contribution in [-0.2, 0) is 15.1 Å². The van der Waals surface area contributed by atoms with Crippen molar-refractivity contribution in [2.24, 2.45) is 5.16 Å². The Kier molecular flexibility index (Phi) is 4.49. The SMILES string of the molecule is CC1(C)OB(O)c2ccc(C3=NO[C@H](c4cc(Cl)c(Cl)c(Cl)c4)C3)cc21. The van der Waals surface area contributed by atoms with E-state index in [0.717, 1.165) is 27.9 Å². The zero-order valence-corrected chi connectivity index (χ0v) is 16.4. The molecule has 0 saturated heterocycles. The van der Waals surface area contributed by atoms with Crippen LogP contribution < -0.4 is 5.46 Å².